The number of benzene rings is 4. The molecule has 5 heteroatoms. The molecule has 1 unspecified atom stereocenters. The third kappa shape index (κ3) is 7.77. The van der Waals surface area contributed by atoms with Crippen LogP contribution in [0.4, 0.5) is 5.69 Å². The molecule has 5 nitrogen and oxygen atoms in total. The average Bonchev–Trinajstić information content (AvgIpc) is 2.99. The minimum atomic E-state index is -0.387. The largest absolute Gasteiger partial charge is 0.508 e. The molecular weight excluding hydrogens is 508 g/mol. The molecule has 0 aliphatic heterocycles. The van der Waals surface area contributed by atoms with E-state index in [0.29, 0.717) is 17.7 Å². The van der Waals surface area contributed by atoms with Crippen LogP contribution < -0.4 is 11.1 Å². The summed E-state index contributed by atoms with van der Waals surface area (Å²) in [5.74, 6) is -0.256. The van der Waals surface area contributed by atoms with Gasteiger partial charge in [0.1, 0.15) is 11.5 Å². The van der Waals surface area contributed by atoms with E-state index in [1.54, 1.807) is 6.07 Å². The summed E-state index contributed by atoms with van der Waals surface area (Å²) < 4.78 is 0. The molecule has 0 saturated heterocycles. The van der Waals surface area contributed by atoms with Gasteiger partial charge in [-0.25, -0.2) is 0 Å². The monoisotopic (exact) mass is 550 g/mol. The lowest BCUT2D eigenvalue weighted by Gasteiger charge is -2.20. The lowest BCUT2D eigenvalue weighted by molar-refractivity contribution is -0.117. The Labute approximate surface area is 244 Å². The van der Waals surface area contributed by atoms with Crippen LogP contribution in [0.3, 0.4) is 0 Å². The average molecular weight is 551 g/mol. The van der Waals surface area contributed by atoms with Gasteiger partial charge in [0.2, 0.25) is 5.91 Å². The van der Waals surface area contributed by atoms with Gasteiger partial charge in [-0.1, -0.05) is 99.8 Å². The molecule has 1 amide bonds. The third-order valence-corrected chi connectivity index (χ3v) is 7.63. The molecule has 0 radical (unpaired) electrons. The number of aromatic hydroxyl groups is 2. The van der Waals surface area contributed by atoms with Gasteiger partial charge in [0.15, 0.2) is 0 Å². The molecule has 2 atom stereocenters. The van der Waals surface area contributed by atoms with Crippen molar-refractivity contribution in [2.75, 3.05) is 5.32 Å². The first-order chi connectivity index (χ1) is 19.9. The number of carbonyl (C=O) groups is 1. The van der Waals surface area contributed by atoms with E-state index in [-0.39, 0.29) is 29.4 Å². The van der Waals surface area contributed by atoms with Gasteiger partial charge in [-0.05, 0) is 77.8 Å². The Morgan fingerprint density at radius 3 is 2.12 bits per heavy atom. The molecule has 0 aliphatic carbocycles. The Hall–Kier alpha value is -4.09. The van der Waals surface area contributed by atoms with Gasteiger partial charge >= 0.3 is 0 Å². The van der Waals surface area contributed by atoms with Crippen molar-refractivity contribution in [1.82, 2.24) is 0 Å². The second-order valence-electron chi connectivity index (χ2n) is 10.8. The van der Waals surface area contributed by atoms with Crippen LogP contribution in [-0.2, 0) is 17.6 Å². The summed E-state index contributed by atoms with van der Waals surface area (Å²) in [6.45, 7) is 4.17. The van der Waals surface area contributed by atoms with Gasteiger partial charge in [-0.15, -0.1) is 0 Å². The molecule has 0 aliphatic rings. The predicted octanol–water partition coefficient (Wildman–Crippen LogP) is 8.26. The van der Waals surface area contributed by atoms with Gasteiger partial charge < -0.3 is 21.3 Å². The molecule has 4 aromatic rings. The first-order valence-corrected chi connectivity index (χ1v) is 14.8. The van der Waals surface area contributed by atoms with Crippen molar-refractivity contribution < 1.29 is 15.0 Å². The first kappa shape index (κ1) is 29.9. The molecule has 0 saturated carbocycles. The maximum absolute atomic E-state index is 13.8. The Morgan fingerprint density at radius 1 is 0.805 bits per heavy atom. The fourth-order valence-corrected chi connectivity index (χ4v) is 5.43. The second kappa shape index (κ2) is 14.5. The predicted molar refractivity (Wildman–Crippen MR) is 168 cm³/mol. The van der Waals surface area contributed by atoms with E-state index in [0.717, 1.165) is 66.3 Å². The highest BCUT2D eigenvalue weighted by molar-refractivity contribution is 5.98. The number of phenols is 2. The summed E-state index contributed by atoms with van der Waals surface area (Å²) >= 11 is 0. The number of hydrogen-bond donors (Lipinski definition) is 4. The Balaban J connectivity index is 1.60. The number of rotatable bonds is 13. The number of hydrogen-bond acceptors (Lipinski definition) is 4. The van der Waals surface area contributed by atoms with Crippen LogP contribution >= 0.6 is 0 Å². The second-order valence-corrected chi connectivity index (χ2v) is 10.8. The molecule has 5 N–H and O–H groups in total. The van der Waals surface area contributed by atoms with Crippen LogP contribution in [0, 0.1) is 0 Å². The van der Waals surface area contributed by atoms with Crippen molar-refractivity contribution in [2.24, 2.45) is 5.73 Å². The zero-order valence-corrected chi connectivity index (χ0v) is 24.1. The number of nitrogens with two attached hydrogens (primary N) is 1. The highest BCUT2D eigenvalue weighted by atomic mass is 16.3. The van der Waals surface area contributed by atoms with Gasteiger partial charge in [0.05, 0.1) is 11.6 Å². The quantitative estimate of drug-likeness (QED) is 0.126. The van der Waals surface area contributed by atoms with Gasteiger partial charge in [-0.2, -0.15) is 0 Å². The molecular formula is C36H42N2O3. The van der Waals surface area contributed by atoms with Crippen molar-refractivity contribution >= 4 is 11.6 Å². The summed E-state index contributed by atoms with van der Waals surface area (Å²) in [5.41, 5.74) is 12.2. The summed E-state index contributed by atoms with van der Waals surface area (Å²) in [6, 6.07) is 29.0. The van der Waals surface area contributed by atoms with Crippen LogP contribution in [0.25, 0.3) is 11.1 Å². The zero-order chi connectivity index (χ0) is 29.2. The first-order valence-electron chi connectivity index (χ1n) is 14.8. The molecule has 4 rings (SSSR count). The fourth-order valence-electron chi connectivity index (χ4n) is 5.43. The molecule has 214 valence electrons. The van der Waals surface area contributed by atoms with Crippen LogP contribution in [0.2, 0.25) is 0 Å². The summed E-state index contributed by atoms with van der Waals surface area (Å²) in [4.78, 5) is 13.8. The van der Waals surface area contributed by atoms with E-state index < -0.39 is 0 Å². The highest BCUT2D eigenvalue weighted by Gasteiger charge is 2.23. The molecule has 0 aromatic heterocycles. The van der Waals surface area contributed by atoms with E-state index in [9.17, 15) is 15.0 Å². The number of phenolic OH excluding ortho intramolecular Hbond substituents is 2. The lowest BCUT2D eigenvalue weighted by Crippen LogP contribution is -2.22. The van der Waals surface area contributed by atoms with Crippen molar-refractivity contribution in [2.45, 2.75) is 70.8 Å². The van der Waals surface area contributed by atoms with E-state index in [1.165, 1.54) is 0 Å². The molecule has 4 aromatic carbocycles. The molecule has 0 fully saturated rings. The Bertz CT molecular complexity index is 1420. The highest BCUT2D eigenvalue weighted by Crippen LogP contribution is 2.40. The number of carbonyl (C=O) groups excluding carboxylic acids is 1. The Kier molecular flexibility index (Phi) is 10.6. The van der Waals surface area contributed by atoms with Gasteiger partial charge in [0, 0.05) is 11.6 Å². The number of aryl methyl sites for hydroxylation is 2. The van der Waals surface area contributed by atoms with E-state index >= 15 is 0 Å². The maximum Gasteiger partial charge on any atom is 0.232 e. The third-order valence-electron chi connectivity index (χ3n) is 7.63. The summed E-state index contributed by atoms with van der Waals surface area (Å²) in [7, 11) is 0. The molecule has 0 spiro atoms. The van der Waals surface area contributed by atoms with Gasteiger partial charge in [0.25, 0.3) is 0 Å². The van der Waals surface area contributed by atoms with E-state index in [2.05, 4.69) is 19.2 Å². The smallest absolute Gasteiger partial charge is 0.232 e. The van der Waals surface area contributed by atoms with Crippen LogP contribution in [0.15, 0.2) is 91.0 Å². The van der Waals surface area contributed by atoms with Crippen molar-refractivity contribution in [3.8, 4) is 22.6 Å². The minimum Gasteiger partial charge on any atom is -0.508 e. The SMILES string of the molecule is CCCc1cc(NC(=O)[C@@H](CCCC(N)c2ccccc2)c2ccccc2)c(O)c(-c2ccc(O)c(CCC)c2)c1. The fraction of sp³-hybridized carbons (Fsp3) is 0.306. The van der Waals surface area contributed by atoms with Gasteiger partial charge in [-0.3, -0.25) is 4.79 Å². The number of nitrogens with one attached hydrogen (secondary N) is 1. The minimum absolute atomic E-state index is 0.0317. The normalized spacial score (nSPS) is 12.6. The van der Waals surface area contributed by atoms with E-state index in [1.807, 2.05) is 84.9 Å². The van der Waals surface area contributed by atoms with Crippen molar-refractivity contribution in [1.29, 1.82) is 0 Å². The van der Waals surface area contributed by atoms with Crippen LogP contribution in [0.5, 0.6) is 11.5 Å². The lowest BCUT2D eigenvalue weighted by atomic mass is 9.90. The van der Waals surface area contributed by atoms with Crippen molar-refractivity contribution in [3.63, 3.8) is 0 Å². The number of amides is 1. The maximum atomic E-state index is 13.8. The Morgan fingerprint density at radius 2 is 1.46 bits per heavy atom. The molecule has 41 heavy (non-hydrogen) atoms. The topological polar surface area (TPSA) is 95.6 Å². The molecule has 0 bridgehead atoms. The summed E-state index contributed by atoms with van der Waals surface area (Å²) in [6.07, 6.45) is 5.57. The zero-order valence-electron chi connectivity index (χ0n) is 24.1. The molecule has 0 heterocycles. The van der Waals surface area contributed by atoms with Crippen LogP contribution in [-0.4, -0.2) is 16.1 Å². The summed E-state index contributed by atoms with van der Waals surface area (Å²) in [5, 5.41) is 24.8. The standard InChI is InChI=1S/C36H42N2O3/c1-3-12-25-22-31(28-20-21-34(39)29(24-28)13-4-2)35(40)33(23-25)38-36(41)30(26-14-7-5-8-15-26)18-11-19-32(37)27-16-9-6-10-17-27/h5-10,14-17,20-24,30,32,39-40H,3-4,11-13,18-19,37H2,1-2H3,(H,38,41)/t30-,32?/m0/s1. The van der Waals surface area contributed by atoms with Crippen molar-refractivity contribution in [3.05, 3.63) is 113 Å². The van der Waals surface area contributed by atoms with E-state index in [4.69, 9.17) is 5.73 Å². The van der Waals surface area contributed by atoms with Crippen LogP contribution in [0.1, 0.15) is 80.2 Å². The number of anilines is 1.